The first kappa shape index (κ1) is 34.5. The molecule has 0 aliphatic carbocycles. The number of carbonyl (C=O) groups is 1. The Hall–Kier alpha value is -4.88. The molecule has 0 bridgehead atoms. The summed E-state index contributed by atoms with van der Waals surface area (Å²) in [7, 11) is 0. The minimum absolute atomic E-state index is 0.00207. The topological polar surface area (TPSA) is 141 Å². The van der Waals surface area contributed by atoms with Gasteiger partial charge in [0.25, 0.3) is 5.91 Å². The van der Waals surface area contributed by atoms with Gasteiger partial charge in [-0.25, -0.2) is 10.4 Å². The van der Waals surface area contributed by atoms with E-state index in [9.17, 15) is 23.5 Å². The number of nitrogens with zero attached hydrogens (tertiary/aromatic N) is 4. The predicted molar refractivity (Wildman–Crippen MR) is 176 cm³/mol. The number of amides is 1. The van der Waals surface area contributed by atoms with E-state index in [1.807, 2.05) is 24.3 Å². The maximum absolute atomic E-state index is 14.4. The third-order valence-corrected chi connectivity index (χ3v) is 8.34. The van der Waals surface area contributed by atoms with Crippen molar-refractivity contribution < 1.29 is 32.5 Å². The number of aliphatic imine (C=N–C) groups is 1. The van der Waals surface area contributed by atoms with E-state index in [2.05, 4.69) is 36.8 Å². The minimum atomic E-state index is -4.52. The summed E-state index contributed by atoms with van der Waals surface area (Å²) in [6, 6.07) is 25.6. The lowest BCUT2D eigenvalue weighted by Crippen LogP contribution is -2.53. The molecule has 0 aromatic heterocycles. The number of ether oxygens (including phenoxy) is 2. The van der Waals surface area contributed by atoms with E-state index in [0.29, 0.717) is 39.9 Å². The number of benzene rings is 4. The van der Waals surface area contributed by atoms with E-state index in [1.165, 1.54) is 12.1 Å². The molecule has 3 N–H and O–H groups in total. The van der Waals surface area contributed by atoms with E-state index in [-0.39, 0.29) is 31.2 Å². The maximum atomic E-state index is 14.4. The van der Waals surface area contributed by atoms with Crippen molar-refractivity contribution in [3.05, 3.63) is 140 Å². The molecule has 1 aliphatic rings. The van der Waals surface area contributed by atoms with Crippen molar-refractivity contribution >= 4 is 33.4 Å². The molecular weight excluding hydrogens is 693 g/mol. The van der Waals surface area contributed by atoms with E-state index in [0.717, 1.165) is 17.7 Å². The summed E-state index contributed by atoms with van der Waals surface area (Å²) in [5.41, 5.74) is 14.4. The molecule has 1 heterocycles. The molecule has 0 fully saturated rings. The average molecular weight is 724 g/mol. The number of hydrogen-bond donors (Lipinski definition) is 3. The van der Waals surface area contributed by atoms with Gasteiger partial charge in [-0.1, -0.05) is 81.7 Å². The van der Waals surface area contributed by atoms with Gasteiger partial charge in [0.1, 0.15) is 5.75 Å². The summed E-state index contributed by atoms with van der Waals surface area (Å²) < 4.78 is 52.8. The molecule has 10 nitrogen and oxygen atoms in total. The normalized spacial score (nSPS) is 17.2. The number of aliphatic hydroxyl groups excluding tert-OH is 1. The Labute approximate surface area is 282 Å². The number of halogens is 4. The SMILES string of the molecule is [N-]=[N+]=Nc1ccccc1[C@@H]1OC(c2ccc(OCCCO)cc2)=N[C@]1(Cc1ccccc1Br)C(=O)NNCc1cccc(C(F)(F)F)c1. The maximum Gasteiger partial charge on any atom is 0.416 e. The van der Waals surface area contributed by atoms with Crippen LogP contribution >= 0.6 is 15.9 Å². The van der Waals surface area contributed by atoms with Crippen LogP contribution in [-0.2, 0) is 28.7 Å². The van der Waals surface area contributed by atoms with Gasteiger partial charge in [0.05, 0.1) is 12.2 Å². The van der Waals surface area contributed by atoms with Crippen LogP contribution in [0.3, 0.4) is 0 Å². The number of hydrazine groups is 1. The van der Waals surface area contributed by atoms with Crippen LogP contribution in [0.2, 0.25) is 0 Å². The van der Waals surface area contributed by atoms with E-state index < -0.39 is 29.3 Å². The van der Waals surface area contributed by atoms with Crippen molar-refractivity contribution in [2.75, 3.05) is 13.2 Å². The highest BCUT2D eigenvalue weighted by atomic mass is 79.9. The lowest BCUT2D eigenvalue weighted by Gasteiger charge is -2.31. The number of nitrogens with one attached hydrogen (secondary N) is 2. The molecule has 1 aliphatic heterocycles. The number of aliphatic hydroxyl groups is 1. The molecule has 1 amide bonds. The molecule has 5 rings (SSSR count). The van der Waals surface area contributed by atoms with Crippen LogP contribution in [0.5, 0.6) is 5.75 Å². The summed E-state index contributed by atoms with van der Waals surface area (Å²) in [5.74, 6) is 0.0646. The van der Waals surface area contributed by atoms with Crippen molar-refractivity contribution in [3.63, 3.8) is 0 Å². The van der Waals surface area contributed by atoms with E-state index in [4.69, 9.17) is 19.6 Å². The van der Waals surface area contributed by atoms with Crippen molar-refractivity contribution in [3.8, 4) is 5.75 Å². The van der Waals surface area contributed by atoms with Gasteiger partial charge in [-0.3, -0.25) is 10.2 Å². The standard InChI is InChI=1S/C34H30BrF3N6O4/c35-28-11-3-1-8-24(28)20-33(32(46)43-40-21-22-7-5-9-25(19-22)34(36,37)38)30(27-10-2-4-12-29(27)42-44-39)48-31(41-33)23-13-15-26(16-14-23)47-18-6-17-45/h1-5,7-16,19,30,40,45H,6,17-18,20-21H2,(H,43,46)/t30-,33-/m0/s1. The predicted octanol–water partition coefficient (Wildman–Crippen LogP) is 7.49. The number of hydrogen-bond acceptors (Lipinski definition) is 7. The number of carbonyl (C=O) groups excluding carboxylic acids is 1. The van der Waals surface area contributed by atoms with Gasteiger partial charge < -0.3 is 14.6 Å². The molecule has 4 aromatic carbocycles. The first-order valence-electron chi connectivity index (χ1n) is 14.8. The number of azide groups is 1. The molecular formula is C34H30BrF3N6O4. The highest BCUT2D eigenvalue weighted by Gasteiger charge is 2.54. The van der Waals surface area contributed by atoms with Gasteiger partial charge in [-0.05, 0) is 53.1 Å². The average Bonchev–Trinajstić information content (AvgIpc) is 3.46. The summed E-state index contributed by atoms with van der Waals surface area (Å²) in [6.07, 6.45) is -5.13. The van der Waals surface area contributed by atoms with Gasteiger partial charge in [0.2, 0.25) is 5.90 Å². The molecule has 48 heavy (non-hydrogen) atoms. The lowest BCUT2D eigenvalue weighted by atomic mass is 9.81. The van der Waals surface area contributed by atoms with Gasteiger partial charge in [-0.2, -0.15) is 13.2 Å². The molecule has 0 unspecified atom stereocenters. The van der Waals surface area contributed by atoms with Crippen LogP contribution in [-0.4, -0.2) is 35.7 Å². The van der Waals surface area contributed by atoms with Crippen LogP contribution in [0.25, 0.3) is 10.4 Å². The van der Waals surface area contributed by atoms with Crippen LogP contribution in [0, 0.1) is 0 Å². The lowest BCUT2D eigenvalue weighted by molar-refractivity contribution is -0.137. The molecule has 0 saturated heterocycles. The molecule has 14 heteroatoms. The smallest absolute Gasteiger partial charge is 0.416 e. The largest absolute Gasteiger partial charge is 0.494 e. The Morgan fingerprint density at radius 2 is 1.81 bits per heavy atom. The first-order valence-corrected chi connectivity index (χ1v) is 15.6. The van der Waals surface area contributed by atoms with Crippen molar-refractivity contribution in [1.82, 2.24) is 10.9 Å². The fourth-order valence-corrected chi connectivity index (χ4v) is 5.66. The second-order valence-electron chi connectivity index (χ2n) is 10.8. The van der Waals surface area contributed by atoms with Crippen LogP contribution in [0.1, 0.15) is 40.3 Å². The van der Waals surface area contributed by atoms with Crippen LogP contribution < -0.4 is 15.6 Å². The van der Waals surface area contributed by atoms with Gasteiger partial charge in [0.15, 0.2) is 11.6 Å². The highest BCUT2D eigenvalue weighted by Crippen LogP contribution is 2.46. The molecule has 248 valence electrons. The molecule has 4 aromatic rings. The summed E-state index contributed by atoms with van der Waals surface area (Å²) in [4.78, 5) is 22.3. The Kier molecular flexibility index (Phi) is 11.0. The molecule has 0 spiro atoms. The number of alkyl halides is 3. The van der Waals surface area contributed by atoms with Crippen molar-refractivity contribution in [1.29, 1.82) is 0 Å². The molecule has 0 radical (unpaired) electrons. The monoisotopic (exact) mass is 722 g/mol. The number of rotatable bonds is 13. The van der Waals surface area contributed by atoms with Crippen LogP contribution in [0.15, 0.2) is 112 Å². The summed E-state index contributed by atoms with van der Waals surface area (Å²) in [6.45, 7) is 0.210. The fraction of sp³-hybridized carbons (Fsp3) is 0.235. The zero-order valence-corrected chi connectivity index (χ0v) is 26.9. The Balaban J connectivity index is 1.55. The van der Waals surface area contributed by atoms with Crippen LogP contribution in [0.4, 0.5) is 18.9 Å². The first-order chi connectivity index (χ1) is 23.1. The van der Waals surface area contributed by atoms with Gasteiger partial charge >= 0.3 is 6.18 Å². The Morgan fingerprint density at radius 1 is 1.06 bits per heavy atom. The van der Waals surface area contributed by atoms with Gasteiger partial charge in [-0.15, -0.1) is 0 Å². The third-order valence-electron chi connectivity index (χ3n) is 7.57. The second kappa shape index (κ2) is 15.3. The quantitative estimate of drug-likeness (QED) is 0.0431. The summed E-state index contributed by atoms with van der Waals surface area (Å²) in [5, 5.41) is 12.9. The molecule has 0 saturated carbocycles. The zero-order chi connectivity index (χ0) is 34.1. The van der Waals surface area contributed by atoms with Crippen molar-refractivity contribution in [2.24, 2.45) is 10.1 Å². The minimum Gasteiger partial charge on any atom is -0.494 e. The van der Waals surface area contributed by atoms with Crippen molar-refractivity contribution in [2.45, 2.75) is 37.2 Å². The zero-order valence-electron chi connectivity index (χ0n) is 25.3. The fourth-order valence-electron chi connectivity index (χ4n) is 5.23. The molecule has 2 atom stereocenters. The van der Waals surface area contributed by atoms with E-state index in [1.54, 1.807) is 48.5 Å². The Bertz CT molecular complexity index is 1830. The highest BCUT2D eigenvalue weighted by molar-refractivity contribution is 9.10. The second-order valence-corrected chi connectivity index (χ2v) is 11.7. The van der Waals surface area contributed by atoms with E-state index >= 15 is 0 Å². The van der Waals surface area contributed by atoms with Gasteiger partial charge in [0, 0.05) is 52.2 Å². The summed E-state index contributed by atoms with van der Waals surface area (Å²) >= 11 is 3.57. The Morgan fingerprint density at radius 3 is 2.54 bits per heavy atom. The third kappa shape index (κ3) is 7.97.